The lowest BCUT2D eigenvalue weighted by Crippen LogP contribution is -2.23. The average molecular weight is 235 g/mol. The van der Waals surface area contributed by atoms with E-state index in [-0.39, 0.29) is 17.0 Å². The topological polar surface area (TPSA) is 60.2 Å². The van der Waals surface area contributed by atoms with E-state index in [1.165, 1.54) is 12.1 Å². The number of benzene rings is 1. The third-order valence-electron chi connectivity index (χ3n) is 2.88. The van der Waals surface area contributed by atoms with Crippen molar-refractivity contribution >= 4 is 12.0 Å². The molecule has 4 nitrogen and oxygen atoms in total. The van der Waals surface area contributed by atoms with E-state index in [2.05, 4.69) is 0 Å². The Labute approximate surface area is 101 Å². The van der Waals surface area contributed by atoms with E-state index in [4.69, 9.17) is 0 Å². The highest BCUT2D eigenvalue weighted by Gasteiger charge is 2.24. The summed E-state index contributed by atoms with van der Waals surface area (Å²) in [5.41, 5.74) is 0.929. The van der Waals surface area contributed by atoms with Crippen LogP contribution in [0.1, 0.15) is 26.3 Å². The molecule has 0 aliphatic rings. The molecule has 0 heterocycles. The van der Waals surface area contributed by atoms with Crippen molar-refractivity contribution in [3.63, 3.8) is 0 Å². The minimum atomic E-state index is -0.426. The van der Waals surface area contributed by atoms with Crippen LogP contribution in [0.15, 0.2) is 24.3 Å². The van der Waals surface area contributed by atoms with Gasteiger partial charge >= 0.3 is 0 Å². The number of carbonyl (C=O) groups excluding carboxylic acids is 1. The molecule has 0 radical (unpaired) electrons. The molecule has 17 heavy (non-hydrogen) atoms. The van der Waals surface area contributed by atoms with E-state index in [1.54, 1.807) is 12.1 Å². The van der Waals surface area contributed by atoms with Gasteiger partial charge in [0.15, 0.2) is 0 Å². The zero-order valence-electron chi connectivity index (χ0n) is 10.3. The SMILES string of the molecule is CC(C)(C)C(C=O)Cc1ccc([N+](=O)[O-])cc1. The number of carbonyl (C=O) groups is 1. The normalized spacial score (nSPS) is 13.1. The molecular weight excluding hydrogens is 218 g/mol. The molecule has 1 aromatic carbocycles. The highest BCUT2D eigenvalue weighted by Crippen LogP contribution is 2.27. The zero-order valence-corrected chi connectivity index (χ0v) is 10.3. The minimum absolute atomic E-state index is 0.0761. The quantitative estimate of drug-likeness (QED) is 0.458. The second-order valence-electron chi connectivity index (χ2n) is 5.24. The van der Waals surface area contributed by atoms with Gasteiger partial charge in [0.05, 0.1) is 4.92 Å². The van der Waals surface area contributed by atoms with Crippen molar-refractivity contribution < 1.29 is 9.72 Å². The van der Waals surface area contributed by atoms with Crippen LogP contribution in [-0.4, -0.2) is 11.2 Å². The molecule has 0 fully saturated rings. The number of nitro groups is 1. The lowest BCUT2D eigenvalue weighted by Gasteiger charge is -2.25. The van der Waals surface area contributed by atoms with Gasteiger partial charge in [-0.05, 0) is 17.4 Å². The van der Waals surface area contributed by atoms with Crippen molar-refractivity contribution in [2.24, 2.45) is 11.3 Å². The van der Waals surface area contributed by atoms with Crippen molar-refractivity contribution in [1.82, 2.24) is 0 Å². The predicted octanol–water partition coefficient (Wildman–Crippen LogP) is 3.00. The van der Waals surface area contributed by atoms with Crippen LogP contribution < -0.4 is 0 Å². The molecule has 0 aliphatic carbocycles. The summed E-state index contributed by atoms with van der Waals surface area (Å²) in [5, 5.41) is 10.5. The van der Waals surface area contributed by atoms with Crippen LogP contribution in [0.3, 0.4) is 0 Å². The van der Waals surface area contributed by atoms with Gasteiger partial charge in [0.2, 0.25) is 0 Å². The Balaban J connectivity index is 2.81. The lowest BCUT2D eigenvalue weighted by molar-refractivity contribution is -0.384. The van der Waals surface area contributed by atoms with Crippen molar-refractivity contribution in [3.05, 3.63) is 39.9 Å². The second kappa shape index (κ2) is 5.08. The molecule has 4 heteroatoms. The van der Waals surface area contributed by atoms with E-state index in [1.807, 2.05) is 20.8 Å². The van der Waals surface area contributed by atoms with Crippen LogP contribution in [0.2, 0.25) is 0 Å². The Bertz CT molecular complexity index is 404. The molecule has 1 unspecified atom stereocenters. The molecule has 0 N–H and O–H groups in total. The number of nitrogens with zero attached hydrogens (tertiary/aromatic N) is 1. The van der Waals surface area contributed by atoms with E-state index in [0.717, 1.165) is 11.8 Å². The molecule has 1 rings (SSSR count). The number of aldehydes is 1. The number of rotatable bonds is 4. The summed E-state index contributed by atoms with van der Waals surface area (Å²) < 4.78 is 0. The van der Waals surface area contributed by atoms with Gasteiger partial charge in [-0.1, -0.05) is 32.9 Å². The van der Waals surface area contributed by atoms with Gasteiger partial charge in [-0.2, -0.15) is 0 Å². The predicted molar refractivity (Wildman–Crippen MR) is 65.8 cm³/mol. The maximum Gasteiger partial charge on any atom is 0.269 e. The van der Waals surface area contributed by atoms with Gasteiger partial charge in [-0.25, -0.2) is 0 Å². The van der Waals surface area contributed by atoms with Crippen molar-refractivity contribution in [2.45, 2.75) is 27.2 Å². The Kier molecular flexibility index (Phi) is 3.99. The first-order valence-electron chi connectivity index (χ1n) is 5.53. The maximum atomic E-state index is 11.0. The summed E-state index contributed by atoms with van der Waals surface area (Å²) in [5.74, 6) is -0.0797. The van der Waals surface area contributed by atoms with Crippen LogP contribution in [0.5, 0.6) is 0 Å². The van der Waals surface area contributed by atoms with Crippen LogP contribution in [-0.2, 0) is 11.2 Å². The van der Waals surface area contributed by atoms with Crippen molar-refractivity contribution in [2.75, 3.05) is 0 Å². The summed E-state index contributed by atoms with van der Waals surface area (Å²) in [6.07, 6.45) is 1.58. The fourth-order valence-electron chi connectivity index (χ4n) is 1.57. The van der Waals surface area contributed by atoms with Gasteiger partial charge < -0.3 is 4.79 Å². The molecule has 0 bridgehead atoms. The van der Waals surface area contributed by atoms with E-state index < -0.39 is 4.92 Å². The second-order valence-corrected chi connectivity index (χ2v) is 5.24. The van der Waals surface area contributed by atoms with Crippen LogP contribution in [0.4, 0.5) is 5.69 Å². The molecule has 0 aromatic heterocycles. The number of nitro benzene ring substituents is 1. The van der Waals surface area contributed by atoms with Crippen molar-refractivity contribution in [1.29, 1.82) is 0 Å². The largest absolute Gasteiger partial charge is 0.303 e. The zero-order chi connectivity index (χ0) is 13.1. The molecule has 92 valence electrons. The van der Waals surface area contributed by atoms with E-state index in [0.29, 0.717) is 6.42 Å². The van der Waals surface area contributed by atoms with Gasteiger partial charge in [-0.3, -0.25) is 10.1 Å². The van der Waals surface area contributed by atoms with Gasteiger partial charge in [-0.15, -0.1) is 0 Å². The van der Waals surface area contributed by atoms with E-state index >= 15 is 0 Å². The third kappa shape index (κ3) is 3.66. The van der Waals surface area contributed by atoms with Gasteiger partial charge in [0.1, 0.15) is 6.29 Å². The molecule has 0 amide bonds. The lowest BCUT2D eigenvalue weighted by atomic mass is 9.78. The average Bonchev–Trinajstić information content (AvgIpc) is 2.24. The highest BCUT2D eigenvalue weighted by atomic mass is 16.6. The molecule has 0 saturated heterocycles. The third-order valence-corrected chi connectivity index (χ3v) is 2.88. The summed E-state index contributed by atoms with van der Waals surface area (Å²) >= 11 is 0. The first-order chi connectivity index (χ1) is 7.84. The molecule has 0 spiro atoms. The molecule has 1 atom stereocenters. The van der Waals surface area contributed by atoms with Crippen LogP contribution in [0.25, 0.3) is 0 Å². The highest BCUT2D eigenvalue weighted by molar-refractivity contribution is 5.55. The number of hydrogen-bond donors (Lipinski definition) is 0. The Morgan fingerprint density at radius 1 is 1.29 bits per heavy atom. The van der Waals surface area contributed by atoms with Crippen LogP contribution >= 0.6 is 0 Å². The smallest absolute Gasteiger partial charge is 0.269 e. The number of hydrogen-bond acceptors (Lipinski definition) is 3. The monoisotopic (exact) mass is 235 g/mol. The Hall–Kier alpha value is -1.71. The van der Waals surface area contributed by atoms with Gasteiger partial charge in [0.25, 0.3) is 5.69 Å². The van der Waals surface area contributed by atoms with Gasteiger partial charge in [0, 0.05) is 18.1 Å². The summed E-state index contributed by atoms with van der Waals surface area (Å²) in [4.78, 5) is 21.1. The first kappa shape index (κ1) is 13.4. The summed E-state index contributed by atoms with van der Waals surface area (Å²) in [6, 6.07) is 6.36. The molecular formula is C13H17NO3. The fourth-order valence-corrected chi connectivity index (χ4v) is 1.57. The standard InChI is InChI=1S/C13H17NO3/c1-13(2,3)11(9-15)8-10-4-6-12(7-5-10)14(16)17/h4-7,9,11H,8H2,1-3H3. The minimum Gasteiger partial charge on any atom is -0.303 e. The number of non-ortho nitro benzene ring substituents is 1. The van der Waals surface area contributed by atoms with Crippen molar-refractivity contribution in [3.8, 4) is 0 Å². The summed E-state index contributed by atoms with van der Waals surface area (Å²) in [6.45, 7) is 6.03. The first-order valence-corrected chi connectivity index (χ1v) is 5.53. The van der Waals surface area contributed by atoms with E-state index in [9.17, 15) is 14.9 Å². The molecule has 1 aromatic rings. The fraction of sp³-hybridized carbons (Fsp3) is 0.462. The molecule has 0 saturated carbocycles. The Morgan fingerprint density at radius 2 is 1.82 bits per heavy atom. The van der Waals surface area contributed by atoms with Crippen LogP contribution in [0, 0.1) is 21.4 Å². The Morgan fingerprint density at radius 3 is 2.18 bits per heavy atom. The summed E-state index contributed by atoms with van der Waals surface area (Å²) in [7, 11) is 0. The maximum absolute atomic E-state index is 11.0. The molecule has 0 aliphatic heterocycles.